The lowest BCUT2D eigenvalue weighted by atomic mass is 10.1. The summed E-state index contributed by atoms with van der Waals surface area (Å²) in [4.78, 5) is 44.9. The van der Waals surface area contributed by atoms with Crippen molar-refractivity contribution in [2.24, 2.45) is 0 Å². The van der Waals surface area contributed by atoms with E-state index < -0.39 is 30.4 Å². The van der Waals surface area contributed by atoms with E-state index in [9.17, 15) is 31.9 Å². The lowest BCUT2D eigenvalue weighted by molar-refractivity contribution is -0.134. The molecular weight excluding hydrogens is 494 g/mol. The summed E-state index contributed by atoms with van der Waals surface area (Å²) in [7, 11) is 3.27. The summed E-state index contributed by atoms with van der Waals surface area (Å²) in [5.41, 5.74) is 0.332. The highest BCUT2D eigenvalue weighted by atomic mass is 19.4. The summed E-state index contributed by atoms with van der Waals surface area (Å²) >= 11 is 0. The van der Waals surface area contributed by atoms with Gasteiger partial charge in [-0.25, -0.2) is 4.39 Å². The lowest BCUT2D eigenvalue weighted by Crippen LogP contribution is -2.25. The van der Waals surface area contributed by atoms with Crippen LogP contribution < -0.4 is 10.9 Å². The molecule has 0 aliphatic heterocycles. The maximum absolute atomic E-state index is 14.2. The van der Waals surface area contributed by atoms with Gasteiger partial charge < -0.3 is 19.8 Å². The van der Waals surface area contributed by atoms with Crippen LogP contribution in [0.1, 0.15) is 36.9 Å². The van der Waals surface area contributed by atoms with E-state index in [1.807, 2.05) is 0 Å². The number of hydrogen-bond acceptors (Lipinski definition) is 4. The van der Waals surface area contributed by atoms with Gasteiger partial charge in [0.25, 0.3) is 5.56 Å². The van der Waals surface area contributed by atoms with Crippen LogP contribution in [0.3, 0.4) is 0 Å². The van der Waals surface area contributed by atoms with Crippen LogP contribution in [-0.2, 0) is 22.6 Å². The first-order valence-electron chi connectivity index (χ1n) is 11.5. The molecule has 3 heterocycles. The van der Waals surface area contributed by atoms with E-state index in [0.29, 0.717) is 18.5 Å². The predicted molar refractivity (Wildman–Crippen MR) is 131 cm³/mol. The third-order valence-electron chi connectivity index (χ3n) is 5.53. The summed E-state index contributed by atoms with van der Waals surface area (Å²) < 4.78 is 53.5. The molecule has 37 heavy (non-hydrogen) atoms. The third kappa shape index (κ3) is 7.76. The average molecular weight is 522 g/mol. The number of halogens is 4. The Morgan fingerprint density at radius 3 is 2.73 bits per heavy atom. The number of fused-ring (bicyclic) bond motifs is 1. The minimum absolute atomic E-state index is 0.00390. The largest absolute Gasteiger partial charge is 0.389 e. The standard InChI is InChI=1S/C25H27F4N5O3/c1-33(2)22(36)9-5-3-4-8-21(35)32-19-7-6-12-34(24(19)37)15-16-13-20-23(31-16)17(18(26)14-30-20)10-11-25(27,28)29/h5-7,9,12-14,31H,3-4,8,10-11,15H2,1-2H3,(H,32,35)/b9-5+. The quantitative estimate of drug-likeness (QED) is 0.238. The smallest absolute Gasteiger partial charge is 0.355 e. The van der Waals surface area contributed by atoms with E-state index in [1.54, 1.807) is 26.2 Å². The summed E-state index contributed by atoms with van der Waals surface area (Å²) in [6.45, 7) is 0.00390. The van der Waals surface area contributed by atoms with Crippen LogP contribution in [-0.4, -0.2) is 51.5 Å². The molecule has 0 aromatic carbocycles. The summed E-state index contributed by atoms with van der Waals surface area (Å²) in [6.07, 6.45) is 0.485. The summed E-state index contributed by atoms with van der Waals surface area (Å²) in [5, 5.41) is 2.58. The van der Waals surface area contributed by atoms with E-state index in [4.69, 9.17) is 0 Å². The molecule has 3 rings (SSSR count). The number of nitrogens with one attached hydrogen (secondary N) is 2. The van der Waals surface area contributed by atoms with Crippen molar-refractivity contribution in [3.63, 3.8) is 0 Å². The molecule has 0 saturated carbocycles. The van der Waals surface area contributed by atoms with E-state index in [0.717, 1.165) is 6.20 Å². The number of hydrogen-bond donors (Lipinski definition) is 2. The van der Waals surface area contributed by atoms with Crippen LogP contribution >= 0.6 is 0 Å². The van der Waals surface area contributed by atoms with Crippen LogP contribution in [0.15, 0.2) is 47.5 Å². The Balaban J connectivity index is 1.67. The Labute approximate surface area is 210 Å². The van der Waals surface area contributed by atoms with E-state index in [2.05, 4.69) is 15.3 Å². The van der Waals surface area contributed by atoms with Crippen molar-refractivity contribution in [3.05, 3.63) is 70.2 Å². The highest BCUT2D eigenvalue weighted by Gasteiger charge is 2.28. The zero-order valence-electron chi connectivity index (χ0n) is 20.4. The molecular formula is C25H27F4N5O3. The van der Waals surface area contributed by atoms with Crippen LogP contribution in [0.2, 0.25) is 0 Å². The monoisotopic (exact) mass is 521 g/mol. The molecule has 0 radical (unpaired) electrons. The number of nitrogens with zero attached hydrogens (tertiary/aromatic N) is 3. The number of unbranched alkanes of at least 4 members (excludes halogenated alkanes) is 1. The van der Waals surface area contributed by atoms with Gasteiger partial charge in [-0.2, -0.15) is 13.2 Å². The Hall–Kier alpha value is -3.96. The molecule has 2 amide bonds. The molecule has 0 fully saturated rings. The van der Waals surface area contributed by atoms with Gasteiger partial charge in [0, 0.05) is 44.4 Å². The minimum atomic E-state index is -4.43. The molecule has 0 atom stereocenters. The van der Waals surface area contributed by atoms with Crippen LogP contribution in [0.5, 0.6) is 0 Å². The SMILES string of the molecule is CN(C)C(=O)/C=C/CCCC(=O)Nc1cccn(Cc2cc3ncc(F)c(CCC(F)(F)F)c3[nH]2)c1=O. The first-order chi connectivity index (χ1) is 17.4. The molecule has 0 spiro atoms. The molecule has 0 unspecified atom stereocenters. The van der Waals surface area contributed by atoms with Crippen molar-refractivity contribution in [3.8, 4) is 0 Å². The van der Waals surface area contributed by atoms with Crippen molar-refractivity contribution in [2.75, 3.05) is 19.4 Å². The van der Waals surface area contributed by atoms with Gasteiger partial charge in [-0.05, 0) is 43.5 Å². The van der Waals surface area contributed by atoms with Crippen molar-refractivity contribution in [1.29, 1.82) is 0 Å². The average Bonchev–Trinajstić information content (AvgIpc) is 3.22. The summed E-state index contributed by atoms with van der Waals surface area (Å²) in [5.74, 6) is -1.35. The molecule has 0 aliphatic rings. The number of amides is 2. The molecule has 2 N–H and O–H groups in total. The van der Waals surface area contributed by atoms with E-state index in [1.165, 1.54) is 33.9 Å². The Morgan fingerprint density at radius 2 is 2.03 bits per heavy atom. The highest BCUT2D eigenvalue weighted by Crippen LogP contribution is 2.27. The second kappa shape index (κ2) is 11.8. The van der Waals surface area contributed by atoms with Crippen LogP contribution in [0.4, 0.5) is 23.2 Å². The Morgan fingerprint density at radius 1 is 1.27 bits per heavy atom. The second-order valence-electron chi connectivity index (χ2n) is 8.69. The molecule has 8 nitrogen and oxygen atoms in total. The zero-order valence-corrected chi connectivity index (χ0v) is 20.4. The van der Waals surface area contributed by atoms with Gasteiger partial charge in [0.05, 0.1) is 23.8 Å². The molecule has 0 bridgehead atoms. The minimum Gasteiger partial charge on any atom is -0.355 e. The number of allylic oxidation sites excluding steroid dienone is 1. The molecule has 12 heteroatoms. The number of alkyl halides is 3. The fourth-order valence-corrected chi connectivity index (χ4v) is 3.62. The molecule has 0 saturated heterocycles. The summed E-state index contributed by atoms with van der Waals surface area (Å²) in [6, 6.07) is 4.57. The number of H-pyrrole nitrogens is 1. The van der Waals surface area contributed by atoms with Gasteiger partial charge in [-0.1, -0.05) is 6.08 Å². The van der Waals surface area contributed by atoms with Crippen molar-refractivity contribution in [1.82, 2.24) is 19.4 Å². The molecule has 3 aromatic heterocycles. The van der Waals surface area contributed by atoms with Gasteiger partial charge in [-0.3, -0.25) is 19.4 Å². The normalized spacial score (nSPS) is 11.8. The van der Waals surface area contributed by atoms with Gasteiger partial charge in [0.15, 0.2) is 0 Å². The van der Waals surface area contributed by atoms with Crippen LogP contribution in [0, 0.1) is 5.82 Å². The van der Waals surface area contributed by atoms with Gasteiger partial charge in [0.1, 0.15) is 11.5 Å². The maximum atomic E-state index is 14.2. The van der Waals surface area contributed by atoms with Gasteiger partial charge >= 0.3 is 6.18 Å². The second-order valence-corrected chi connectivity index (χ2v) is 8.69. The van der Waals surface area contributed by atoms with E-state index in [-0.39, 0.29) is 47.1 Å². The topological polar surface area (TPSA) is 100 Å². The number of pyridine rings is 2. The number of anilines is 1. The first kappa shape index (κ1) is 27.6. The lowest BCUT2D eigenvalue weighted by Gasteiger charge is -2.09. The van der Waals surface area contributed by atoms with Crippen molar-refractivity contribution in [2.45, 2.75) is 44.8 Å². The van der Waals surface area contributed by atoms with E-state index >= 15 is 0 Å². The number of rotatable bonds is 10. The molecule has 0 aliphatic carbocycles. The Kier molecular flexibility index (Phi) is 8.85. The zero-order chi connectivity index (χ0) is 27.2. The molecule has 198 valence electrons. The van der Waals surface area contributed by atoms with Gasteiger partial charge in [-0.15, -0.1) is 0 Å². The van der Waals surface area contributed by atoms with Crippen molar-refractivity contribution < 1.29 is 27.2 Å². The number of aryl methyl sites for hydroxylation is 1. The Bertz CT molecular complexity index is 1360. The number of likely N-dealkylation sites (N-methyl/N-ethyl adjacent to an activating group) is 1. The predicted octanol–water partition coefficient (Wildman–Crippen LogP) is 4.16. The van der Waals surface area contributed by atoms with Crippen LogP contribution in [0.25, 0.3) is 11.0 Å². The fraction of sp³-hybridized carbons (Fsp3) is 0.360. The maximum Gasteiger partial charge on any atom is 0.389 e. The fourth-order valence-electron chi connectivity index (χ4n) is 3.62. The number of aromatic nitrogens is 3. The highest BCUT2D eigenvalue weighted by molar-refractivity contribution is 5.90. The van der Waals surface area contributed by atoms with Gasteiger partial charge in [0.2, 0.25) is 11.8 Å². The molecule has 3 aromatic rings. The number of aromatic amines is 1. The number of carbonyl (C=O) groups excluding carboxylic acids is 2. The third-order valence-corrected chi connectivity index (χ3v) is 5.53. The van der Waals surface area contributed by atoms with Crippen molar-refractivity contribution >= 4 is 28.5 Å². The first-order valence-corrected chi connectivity index (χ1v) is 11.5. The number of carbonyl (C=O) groups is 2.